The summed E-state index contributed by atoms with van der Waals surface area (Å²) in [5.74, 6) is -1.97. The molecule has 0 radical (unpaired) electrons. The van der Waals surface area contributed by atoms with Gasteiger partial charge in [0.1, 0.15) is 0 Å². The third-order valence-corrected chi connectivity index (χ3v) is 5.99. The Morgan fingerprint density at radius 1 is 1.12 bits per heavy atom. The van der Waals surface area contributed by atoms with Gasteiger partial charge in [-0.25, -0.2) is 13.6 Å². The second-order valence-corrected chi connectivity index (χ2v) is 8.80. The summed E-state index contributed by atoms with van der Waals surface area (Å²) in [6.07, 6.45) is 0.995. The Morgan fingerprint density at radius 2 is 1.81 bits per heavy atom. The number of nitrogens with zero attached hydrogens (tertiary/aromatic N) is 1. The molecule has 0 saturated heterocycles. The Balaban J connectivity index is 1.64. The van der Waals surface area contributed by atoms with Crippen molar-refractivity contribution in [3.05, 3.63) is 83.1 Å². The quantitative estimate of drug-likeness (QED) is 0.525. The van der Waals surface area contributed by atoms with Crippen LogP contribution in [-0.4, -0.2) is 22.2 Å². The van der Waals surface area contributed by atoms with Gasteiger partial charge in [-0.15, -0.1) is 0 Å². The van der Waals surface area contributed by atoms with Gasteiger partial charge in [0.15, 0.2) is 11.6 Å². The maximum atomic E-state index is 14.0. The molecule has 1 aliphatic carbocycles. The highest BCUT2D eigenvalue weighted by Crippen LogP contribution is 2.42. The molecule has 1 aliphatic rings. The van der Waals surface area contributed by atoms with E-state index in [1.54, 1.807) is 12.3 Å². The number of aryl methyl sites for hydroxylation is 1. The number of aliphatic hydroxyl groups is 1. The summed E-state index contributed by atoms with van der Waals surface area (Å²) in [4.78, 5) is 17.4. The van der Waals surface area contributed by atoms with Crippen LogP contribution in [0.2, 0.25) is 0 Å². The summed E-state index contributed by atoms with van der Waals surface area (Å²) < 4.78 is 28.0. The Labute approximate surface area is 185 Å². The van der Waals surface area contributed by atoms with Gasteiger partial charge in [0, 0.05) is 11.8 Å². The number of halogens is 2. The van der Waals surface area contributed by atoms with E-state index >= 15 is 0 Å². The molecule has 32 heavy (non-hydrogen) atoms. The fraction of sp³-hybridized carbons (Fsp3) is 0.280. The second kappa shape index (κ2) is 8.31. The van der Waals surface area contributed by atoms with Gasteiger partial charge in [-0.2, -0.15) is 0 Å². The van der Waals surface area contributed by atoms with Crippen LogP contribution in [0.5, 0.6) is 0 Å². The summed E-state index contributed by atoms with van der Waals surface area (Å²) in [6.45, 7) is 5.57. The van der Waals surface area contributed by atoms with Crippen molar-refractivity contribution in [2.45, 2.75) is 44.8 Å². The third kappa shape index (κ3) is 4.08. The molecule has 2 aromatic carbocycles. The van der Waals surface area contributed by atoms with Crippen molar-refractivity contribution >= 4 is 11.7 Å². The summed E-state index contributed by atoms with van der Waals surface area (Å²) in [6, 6.07) is 12.0. The van der Waals surface area contributed by atoms with E-state index in [1.807, 2.05) is 51.1 Å². The number of hydrogen-bond donors (Lipinski definition) is 3. The number of hydrogen-bond acceptors (Lipinski definition) is 3. The highest BCUT2D eigenvalue weighted by Gasteiger charge is 2.40. The molecule has 166 valence electrons. The normalized spacial score (nSPS) is 19.2. The van der Waals surface area contributed by atoms with Crippen molar-refractivity contribution in [1.29, 1.82) is 0 Å². The molecule has 0 fully saturated rings. The molecule has 3 N–H and O–H groups in total. The van der Waals surface area contributed by atoms with Crippen LogP contribution < -0.4 is 10.6 Å². The number of aliphatic hydroxyl groups excluding tert-OH is 1. The molecule has 1 heterocycles. The minimum atomic E-state index is -1.02. The fourth-order valence-electron chi connectivity index (χ4n) is 4.36. The summed E-state index contributed by atoms with van der Waals surface area (Å²) in [7, 11) is 0. The molecule has 4 rings (SSSR count). The van der Waals surface area contributed by atoms with Crippen molar-refractivity contribution in [1.82, 2.24) is 10.3 Å². The molecule has 1 unspecified atom stereocenters. The number of carbonyl (C=O) groups is 1. The van der Waals surface area contributed by atoms with Crippen LogP contribution in [0.15, 0.2) is 54.7 Å². The van der Waals surface area contributed by atoms with Gasteiger partial charge in [-0.3, -0.25) is 4.98 Å². The van der Waals surface area contributed by atoms with E-state index in [0.717, 1.165) is 23.3 Å². The fourth-order valence-corrected chi connectivity index (χ4v) is 4.36. The number of urea groups is 1. The van der Waals surface area contributed by atoms with Crippen molar-refractivity contribution in [2.75, 3.05) is 5.32 Å². The zero-order chi connectivity index (χ0) is 23.0. The van der Waals surface area contributed by atoms with Gasteiger partial charge in [0.05, 0.1) is 23.5 Å². The van der Waals surface area contributed by atoms with Gasteiger partial charge in [-0.05, 0) is 53.6 Å². The first kappa shape index (κ1) is 21.9. The number of rotatable bonds is 3. The van der Waals surface area contributed by atoms with Crippen LogP contribution in [0.1, 0.15) is 43.0 Å². The molecule has 1 aromatic heterocycles. The Kier molecular flexibility index (Phi) is 5.69. The number of anilines is 1. The number of benzene rings is 2. The molecule has 0 bridgehead atoms. The van der Waals surface area contributed by atoms with Crippen molar-refractivity contribution in [3.8, 4) is 11.3 Å². The first-order valence-corrected chi connectivity index (χ1v) is 10.4. The molecule has 7 heteroatoms. The Bertz CT molecular complexity index is 1170. The van der Waals surface area contributed by atoms with Crippen LogP contribution in [-0.2, 0) is 5.41 Å². The Hall–Kier alpha value is -3.32. The maximum absolute atomic E-state index is 14.0. The minimum absolute atomic E-state index is 0.289. The van der Waals surface area contributed by atoms with E-state index in [1.165, 1.54) is 0 Å². The van der Waals surface area contributed by atoms with E-state index in [-0.39, 0.29) is 6.42 Å². The highest BCUT2D eigenvalue weighted by molar-refractivity contribution is 5.94. The molecule has 3 aromatic rings. The van der Waals surface area contributed by atoms with Gasteiger partial charge in [-0.1, -0.05) is 44.2 Å². The zero-order valence-electron chi connectivity index (χ0n) is 18.1. The number of amides is 2. The third-order valence-electron chi connectivity index (χ3n) is 5.99. The monoisotopic (exact) mass is 437 g/mol. The van der Waals surface area contributed by atoms with E-state index in [4.69, 9.17) is 0 Å². The Morgan fingerprint density at radius 3 is 2.53 bits per heavy atom. The van der Waals surface area contributed by atoms with Crippen LogP contribution in [0, 0.1) is 18.6 Å². The summed E-state index contributed by atoms with van der Waals surface area (Å²) in [5, 5.41) is 16.3. The summed E-state index contributed by atoms with van der Waals surface area (Å²) >= 11 is 0. The van der Waals surface area contributed by atoms with Crippen molar-refractivity contribution < 1.29 is 18.7 Å². The molecular formula is C25H25F2N3O2. The molecule has 2 amide bonds. The lowest BCUT2D eigenvalue weighted by Gasteiger charge is -2.40. The van der Waals surface area contributed by atoms with Crippen LogP contribution >= 0.6 is 0 Å². The van der Waals surface area contributed by atoms with E-state index in [9.17, 15) is 18.7 Å². The highest BCUT2D eigenvalue weighted by atomic mass is 19.2. The lowest BCUT2D eigenvalue weighted by atomic mass is 9.69. The largest absolute Gasteiger partial charge is 0.391 e. The summed E-state index contributed by atoms with van der Waals surface area (Å²) in [5.41, 5.74) is 3.16. The van der Waals surface area contributed by atoms with Gasteiger partial charge >= 0.3 is 6.03 Å². The first-order chi connectivity index (χ1) is 15.2. The van der Waals surface area contributed by atoms with Gasteiger partial charge in [0.25, 0.3) is 0 Å². The maximum Gasteiger partial charge on any atom is 0.319 e. The number of carbonyl (C=O) groups excluding carboxylic acids is 1. The van der Waals surface area contributed by atoms with Gasteiger partial charge < -0.3 is 15.7 Å². The SMILES string of the molecule is Cc1ccnc(-c2ccccc2)c1NC(=O)NC1c2cc(F)c(F)cc2C(C)(C)C[C@H]1O. The smallest absolute Gasteiger partial charge is 0.319 e. The number of nitrogens with one attached hydrogen (secondary N) is 2. The van der Waals surface area contributed by atoms with Crippen molar-refractivity contribution in [3.63, 3.8) is 0 Å². The van der Waals surface area contributed by atoms with E-state index in [2.05, 4.69) is 15.6 Å². The second-order valence-electron chi connectivity index (χ2n) is 8.80. The van der Waals surface area contributed by atoms with E-state index in [0.29, 0.717) is 22.5 Å². The number of aromatic nitrogens is 1. The predicted octanol–water partition coefficient (Wildman–Crippen LogP) is 5.24. The zero-order valence-corrected chi connectivity index (χ0v) is 18.1. The lowest BCUT2D eigenvalue weighted by Crippen LogP contribution is -2.45. The van der Waals surface area contributed by atoms with Crippen molar-refractivity contribution in [2.24, 2.45) is 0 Å². The number of fused-ring (bicyclic) bond motifs is 1. The van der Waals surface area contributed by atoms with Crippen LogP contribution in [0.25, 0.3) is 11.3 Å². The molecule has 0 saturated carbocycles. The average Bonchev–Trinajstić information content (AvgIpc) is 2.74. The van der Waals surface area contributed by atoms with Gasteiger partial charge in [0.2, 0.25) is 0 Å². The van der Waals surface area contributed by atoms with E-state index < -0.39 is 35.2 Å². The molecule has 0 aliphatic heterocycles. The standard InChI is InChI=1S/C25H25F2N3O2/c1-14-9-10-28-22(15-7-5-4-6-8-15)21(14)29-24(32)30-23-16-11-18(26)19(27)12-17(16)25(2,3)13-20(23)31/h4-12,20,23,31H,13H2,1-3H3,(H2,29,30,32)/t20-,23?/m1/s1. The predicted molar refractivity (Wildman–Crippen MR) is 119 cm³/mol. The molecule has 5 nitrogen and oxygen atoms in total. The molecule has 2 atom stereocenters. The lowest BCUT2D eigenvalue weighted by molar-refractivity contribution is 0.0878. The first-order valence-electron chi connectivity index (χ1n) is 10.4. The molecule has 0 spiro atoms. The van der Waals surface area contributed by atoms with Crippen LogP contribution in [0.4, 0.5) is 19.3 Å². The van der Waals surface area contributed by atoms with Crippen LogP contribution in [0.3, 0.4) is 0 Å². The minimum Gasteiger partial charge on any atom is -0.391 e. The molecular weight excluding hydrogens is 412 g/mol. The topological polar surface area (TPSA) is 74.2 Å². The number of pyridine rings is 1. The average molecular weight is 437 g/mol.